The Bertz CT molecular complexity index is 749. The van der Waals surface area contributed by atoms with Gasteiger partial charge in [-0.2, -0.15) is 0 Å². The first-order valence-corrected chi connectivity index (χ1v) is 9.84. The second kappa shape index (κ2) is 7.94. The monoisotopic (exact) mass is 364 g/mol. The van der Waals surface area contributed by atoms with Gasteiger partial charge in [0.1, 0.15) is 0 Å². The van der Waals surface area contributed by atoms with Gasteiger partial charge in [0.05, 0.1) is 0 Å². The Morgan fingerprint density at radius 3 is 2.33 bits per heavy atom. The summed E-state index contributed by atoms with van der Waals surface area (Å²) in [5.74, 6) is 1.82. The lowest BCUT2D eigenvalue weighted by molar-refractivity contribution is 0.240. The molecule has 2 aromatic rings. The normalized spacial score (nSPS) is 19.5. The summed E-state index contributed by atoms with van der Waals surface area (Å²) < 4.78 is 0. The van der Waals surface area contributed by atoms with Gasteiger partial charge in [0.25, 0.3) is 0 Å². The Morgan fingerprint density at radius 1 is 1.04 bits per heavy atom. The lowest BCUT2D eigenvalue weighted by Gasteiger charge is -2.44. The third kappa shape index (κ3) is 3.75. The van der Waals surface area contributed by atoms with Crippen LogP contribution in [0.15, 0.2) is 53.8 Å². The van der Waals surface area contributed by atoms with Crippen LogP contribution in [0.1, 0.15) is 24.8 Å². The summed E-state index contributed by atoms with van der Waals surface area (Å²) in [4.78, 5) is 17.9. The molecule has 2 aliphatic rings. The summed E-state index contributed by atoms with van der Waals surface area (Å²) in [6, 6.07) is 12.8. The van der Waals surface area contributed by atoms with Gasteiger partial charge in [-0.15, -0.1) is 0 Å². The highest BCUT2D eigenvalue weighted by molar-refractivity contribution is 5.80. The molecule has 0 radical (unpaired) electrons. The highest BCUT2D eigenvalue weighted by atomic mass is 15.4. The fourth-order valence-electron chi connectivity index (χ4n) is 4.12. The van der Waals surface area contributed by atoms with E-state index in [-0.39, 0.29) is 5.41 Å². The zero-order valence-corrected chi connectivity index (χ0v) is 16.0. The number of hydrogen-bond acceptors (Lipinski definition) is 4. The number of nitrogens with one attached hydrogen (secondary N) is 1. The SMILES string of the molecule is CN=C(NCC1(c2ccccc2)CCC1)N1CCN(c2ncccn2)CC1. The Kier molecular flexibility index (Phi) is 5.23. The van der Waals surface area contributed by atoms with Crippen LogP contribution in [0, 0.1) is 0 Å². The van der Waals surface area contributed by atoms with E-state index in [2.05, 4.69) is 60.4 Å². The zero-order chi connectivity index (χ0) is 18.5. The van der Waals surface area contributed by atoms with E-state index < -0.39 is 0 Å². The maximum atomic E-state index is 4.55. The van der Waals surface area contributed by atoms with E-state index >= 15 is 0 Å². The molecular formula is C21H28N6. The molecule has 1 aromatic carbocycles. The molecule has 1 saturated heterocycles. The van der Waals surface area contributed by atoms with Crippen LogP contribution in [-0.4, -0.2) is 60.6 Å². The van der Waals surface area contributed by atoms with E-state index in [1.807, 2.05) is 13.1 Å². The largest absolute Gasteiger partial charge is 0.355 e. The maximum Gasteiger partial charge on any atom is 0.225 e. The van der Waals surface area contributed by atoms with Crippen LogP contribution in [0.5, 0.6) is 0 Å². The van der Waals surface area contributed by atoms with Crippen molar-refractivity contribution in [2.24, 2.45) is 4.99 Å². The minimum absolute atomic E-state index is 0.261. The van der Waals surface area contributed by atoms with Crippen molar-refractivity contribution in [1.29, 1.82) is 0 Å². The summed E-state index contributed by atoms with van der Waals surface area (Å²) in [6.07, 6.45) is 7.42. The minimum Gasteiger partial charge on any atom is -0.355 e. The number of piperazine rings is 1. The van der Waals surface area contributed by atoms with Crippen LogP contribution < -0.4 is 10.2 Å². The van der Waals surface area contributed by atoms with E-state index in [1.54, 1.807) is 12.4 Å². The Hall–Kier alpha value is -2.63. The number of anilines is 1. The van der Waals surface area contributed by atoms with Gasteiger partial charge < -0.3 is 15.1 Å². The van der Waals surface area contributed by atoms with Crippen molar-refractivity contribution in [3.63, 3.8) is 0 Å². The molecule has 27 heavy (non-hydrogen) atoms. The molecule has 142 valence electrons. The average Bonchev–Trinajstić information content (AvgIpc) is 2.72. The van der Waals surface area contributed by atoms with E-state index in [0.29, 0.717) is 0 Å². The van der Waals surface area contributed by atoms with Crippen LogP contribution in [0.4, 0.5) is 5.95 Å². The second-order valence-electron chi connectivity index (χ2n) is 7.42. The third-order valence-electron chi connectivity index (χ3n) is 5.91. The molecular weight excluding hydrogens is 336 g/mol. The van der Waals surface area contributed by atoms with Crippen LogP contribution in [-0.2, 0) is 5.41 Å². The topological polar surface area (TPSA) is 56.7 Å². The molecule has 6 heteroatoms. The molecule has 1 saturated carbocycles. The van der Waals surface area contributed by atoms with Crippen molar-refractivity contribution >= 4 is 11.9 Å². The molecule has 0 atom stereocenters. The number of aliphatic imine (C=N–C) groups is 1. The Morgan fingerprint density at radius 2 is 1.74 bits per heavy atom. The number of hydrogen-bond donors (Lipinski definition) is 1. The summed E-state index contributed by atoms with van der Waals surface area (Å²) in [7, 11) is 1.88. The molecule has 0 amide bonds. The van der Waals surface area contributed by atoms with Gasteiger partial charge in [-0.3, -0.25) is 4.99 Å². The van der Waals surface area contributed by atoms with Crippen LogP contribution in [0.2, 0.25) is 0 Å². The van der Waals surface area contributed by atoms with Crippen molar-refractivity contribution in [2.45, 2.75) is 24.7 Å². The van der Waals surface area contributed by atoms with Gasteiger partial charge in [0.2, 0.25) is 5.95 Å². The number of benzene rings is 1. The lowest BCUT2D eigenvalue weighted by Crippen LogP contribution is -2.55. The van der Waals surface area contributed by atoms with E-state index in [9.17, 15) is 0 Å². The first-order chi connectivity index (χ1) is 13.3. The second-order valence-corrected chi connectivity index (χ2v) is 7.42. The molecule has 1 aliphatic carbocycles. The predicted molar refractivity (Wildman–Crippen MR) is 109 cm³/mol. The minimum atomic E-state index is 0.261. The summed E-state index contributed by atoms with van der Waals surface area (Å²) >= 11 is 0. The highest BCUT2D eigenvalue weighted by Gasteiger charge is 2.38. The van der Waals surface area contributed by atoms with Gasteiger partial charge in [0, 0.05) is 57.6 Å². The molecule has 2 heterocycles. The molecule has 0 spiro atoms. The van der Waals surface area contributed by atoms with Gasteiger partial charge in [-0.1, -0.05) is 36.8 Å². The Labute approximate surface area is 161 Å². The molecule has 0 unspecified atom stereocenters. The van der Waals surface area contributed by atoms with Crippen molar-refractivity contribution in [3.05, 3.63) is 54.4 Å². The smallest absolute Gasteiger partial charge is 0.225 e. The lowest BCUT2D eigenvalue weighted by atomic mass is 9.64. The maximum absolute atomic E-state index is 4.55. The van der Waals surface area contributed by atoms with Gasteiger partial charge in [-0.25, -0.2) is 9.97 Å². The van der Waals surface area contributed by atoms with Gasteiger partial charge >= 0.3 is 0 Å². The first-order valence-electron chi connectivity index (χ1n) is 9.84. The van der Waals surface area contributed by atoms with Gasteiger partial charge in [0.15, 0.2) is 5.96 Å². The van der Waals surface area contributed by atoms with Crippen LogP contribution in [0.25, 0.3) is 0 Å². The van der Waals surface area contributed by atoms with E-state index in [0.717, 1.165) is 44.6 Å². The number of rotatable bonds is 4. The number of nitrogens with zero attached hydrogens (tertiary/aromatic N) is 5. The van der Waals surface area contributed by atoms with E-state index in [4.69, 9.17) is 0 Å². The van der Waals surface area contributed by atoms with Gasteiger partial charge in [-0.05, 0) is 24.5 Å². The molecule has 1 aliphatic heterocycles. The number of guanidine groups is 1. The standard InChI is InChI=1S/C21H28N6/c1-22-19(25-17-21(9-5-10-21)18-7-3-2-4-8-18)26-13-15-27(16-14-26)20-23-11-6-12-24-20/h2-4,6-8,11-12H,5,9-10,13-17H2,1H3,(H,22,25). The molecule has 4 rings (SSSR count). The van der Waals surface area contributed by atoms with E-state index in [1.165, 1.54) is 24.8 Å². The highest BCUT2D eigenvalue weighted by Crippen LogP contribution is 2.43. The molecule has 1 N–H and O–H groups in total. The fraction of sp³-hybridized carbons (Fsp3) is 0.476. The summed E-state index contributed by atoms with van der Waals surface area (Å²) in [5, 5.41) is 3.66. The fourth-order valence-corrected chi connectivity index (χ4v) is 4.12. The van der Waals surface area contributed by atoms with Crippen molar-refractivity contribution in [3.8, 4) is 0 Å². The number of aromatic nitrogens is 2. The van der Waals surface area contributed by atoms with Crippen molar-refractivity contribution in [2.75, 3.05) is 44.7 Å². The average molecular weight is 364 g/mol. The van der Waals surface area contributed by atoms with Crippen molar-refractivity contribution < 1.29 is 0 Å². The predicted octanol–water partition coefficient (Wildman–Crippen LogP) is 2.30. The molecule has 0 bridgehead atoms. The van der Waals surface area contributed by atoms with Crippen molar-refractivity contribution in [1.82, 2.24) is 20.2 Å². The molecule has 1 aromatic heterocycles. The molecule has 2 fully saturated rings. The summed E-state index contributed by atoms with van der Waals surface area (Å²) in [5.41, 5.74) is 1.71. The molecule has 6 nitrogen and oxygen atoms in total. The Balaban J connectivity index is 1.35. The third-order valence-corrected chi connectivity index (χ3v) is 5.91. The van der Waals surface area contributed by atoms with Crippen LogP contribution in [0.3, 0.4) is 0 Å². The first kappa shape index (κ1) is 17.8. The zero-order valence-electron chi connectivity index (χ0n) is 16.0. The quantitative estimate of drug-likeness (QED) is 0.666. The van der Waals surface area contributed by atoms with Crippen LogP contribution >= 0.6 is 0 Å². The summed E-state index contributed by atoms with van der Waals surface area (Å²) in [6.45, 7) is 4.63.